The van der Waals surface area contributed by atoms with Gasteiger partial charge in [-0.05, 0) is 54.6 Å². The molecule has 1 N–H and O–H groups in total. The lowest BCUT2D eigenvalue weighted by molar-refractivity contribution is -0.394. The van der Waals surface area contributed by atoms with E-state index in [0.717, 1.165) is 28.7 Å². The highest BCUT2D eigenvalue weighted by atomic mass is 35.5. The maximum absolute atomic E-state index is 13.1. The van der Waals surface area contributed by atoms with Crippen LogP contribution in [0.15, 0.2) is 59.5 Å². The zero-order valence-corrected chi connectivity index (χ0v) is 22.9. The Morgan fingerprint density at radius 2 is 1.83 bits per heavy atom. The van der Waals surface area contributed by atoms with Gasteiger partial charge in [-0.15, -0.1) is 0 Å². The van der Waals surface area contributed by atoms with Crippen LogP contribution in [0.1, 0.15) is 11.1 Å². The van der Waals surface area contributed by atoms with Crippen LogP contribution in [0.2, 0.25) is 5.02 Å². The van der Waals surface area contributed by atoms with Crippen LogP contribution in [0.25, 0.3) is 6.08 Å². The number of halogens is 1. The van der Waals surface area contributed by atoms with Crippen LogP contribution in [0.4, 0.5) is 21.9 Å². The number of ether oxygens (including phenoxy) is 2. The molecule has 3 aromatic rings. The molecule has 13 nitrogen and oxygen atoms in total. The first-order valence-corrected chi connectivity index (χ1v) is 12.8. The van der Waals surface area contributed by atoms with Crippen molar-refractivity contribution in [2.24, 2.45) is 0 Å². The average Bonchev–Trinajstić information content (AvgIpc) is 3.18. The van der Waals surface area contributed by atoms with Gasteiger partial charge >= 0.3 is 5.69 Å². The molecular formula is C26H19ClN4O9S. The fourth-order valence-electron chi connectivity index (χ4n) is 3.71. The van der Waals surface area contributed by atoms with E-state index in [2.05, 4.69) is 5.32 Å². The van der Waals surface area contributed by atoms with Crippen LogP contribution in [-0.2, 0) is 9.59 Å². The van der Waals surface area contributed by atoms with Gasteiger partial charge < -0.3 is 14.8 Å². The highest BCUT2D eigenvalue weighted by molar-refractivity contribution is 8.18. The SMILES string of the molecule is COc1cccc(/C=C2/SC(=O)N(CC(=O)Nc3cc(Cl)ccc3C)C2=O)c1Oc1ccc([N+](=O)[O-])cc1[N+](=O)[O-]. The number of anilines is 1. The smallest absolute Gasteiger partial charge is 0.318 e. The van der Waals surface area contributed by atoms with E-state index >= 15 is 0 Å². The number of non-ortho nitro benzene ring substituents is 1. The number of imide groups is 1. The molecule has 210 valence electrons. The monoisotopic (exact) mass is 598 g/mol. The Morgan fingerprint density at radius 1 is 1.07 bits per heavy atom. The van der Waals surface area contributed by atoms with E-state index in [-0.39, 0.29) is 27.7 Å². The van der Waals surface area contributed by atoms with E-state index in [1.165, 1.54) is 25.3 Å². The summed E-state index contributed by atoms with van der Waals surface area (Å²) in [6.07, 6.45) is 1.32. The van der Waals surface area contributed by atoms with Crippen molar-refractivity contribution >= 4 is 63.6 Å². The summed E-state index contributed by atoms with van der Waals surface area (Å²) in [5.74, 6) is -1.60. The molecule has 0 saturated carbocycles. The fourth-order valence-corrected chi connectivity index (χ4v) is 4.72. The maximum Gasteiger partial charge on any atom is 0.318 e. The van der Waals surface area contributed by atoms with Crippen molar-refractivity contribution in [2.45, 2.75) is 6.92 Å². The van der Waals surface area contributed by atoms with Crippen molar-refractivity contribution in [2.75, 3.05) is 19.0 Å². The van der Waals surface area contributed by atoms with Crippen LogP contribution < -0.4 is 14.8 Å². The van der Waals surface area contributed by atoms with Crippen molar-refractivity contribution in [1.82, 2.24) is 4.90 Å². The lowest BCUT2D eigenvalue weighted by Gasteiger charge is -2.14. The number of nitrogens with zero attached hydrogens (tertiary/aromatic N) is 3. The quantitative estimate of drug-likeness (QED) is 0.176. The molecule has 0 aliphatic carbocycles. The predicted octanol–water partition coefficient (Wildman–Crippen LogP) is 5.94. The summed E-state index contributed by atoms with van der Waals surface area (Å²) < 4.78 is 11.1. The Bertz CT molecular complexity index is 1640. The number of nitro groups is 2. The lowest BCUT2D eigenvalue weighted by Crippen LogP contribution is -2.36. The molecule has 1 aliphatic heterocycles. The summed E-state index contributed by atoms with van der Waals surface area (Å²) in [7, 11) is 1.32. The molecule has 0 aromatic heterocycles. The van der Waals surface area contributed by atoms with Gasteiger partial charge in [-0.25, -0.2) is 0 Å². The number of hydrogen-bond donors (Lipinski definition) is 1. The second kappa shape index (κ2) is 12.1. The van der Waals surface area contributed by atoms with Crippen molar-refractivity contribution < 1.29 is 33.7 Å². The fraction of sp³-hybridized carbons (Fsp3) is 0.115. The van der Waals surface area contributed by atoms with Gasteiger partial charge in [-0.1, -0.05) is 29.8 Å². The number of rotatable bonds is 9. The molecule has 1 fully saturated rings. The van der Waals surface area contributed by atoms with Crippen LogP contribution in [-0.4, -0.2) is 45.5 Å². The molecule has 1 saturated heterocycles. The number of aryl methyl sites for hydroxylation is 1. The van der Waals surface area contributed by atoms with Gasteiger partial charge in [0.15, 0.2) is 11.5 Å². The van der Waals surface area contributed by atoms with Gasteiger partial charge in [-0.3, -0.25) is 39.5 Å². The van der Waals surface area contributed by atoms with E-state index in [1.54, 1.807) is 31.2 Å². The summed E-state index contributed by atoms with van der Waals surface area (Å²) in [5, 5.41) is 25.0. The van der Waals surface area contributed by atoms with Gasteiger partial charge in [0.2, 0.25) is 11.7 Å². The Morgan fingerprint density at radius 3 is 2.51 bits per heavy atom. The molecule has 0 unspecified atom stereocenters. The van der Waals surface area contributed by atoms with E-state index in [0.29, 0.717) is 22.5 Å². The second-order valence-electron chi connectivity index (χ2n) is 8.42. The molecular weight excluding hydrogens is 580 g/mol. The first-order chi connectivity index (χ1) is 19.5. The average molecular weight is 599 g/mol. The third-order valence-electron chi connectivity index (χ3n) is 5.73. The van der Waals surface area contributed by atoms with E-state index in [1.807, 2.05) is 0 Å². The third-order valence-corrected chi connectivity index (χ3v) is 6.87. The molecule has 1 aliphatic rings. The second-order valence-corrected chi connectivity index (χ2v) is 9.85. The minimum Gasteiger partial charge on any atom is -0.493 e. The van der Waals surface area contributed by atoms with E-state index < -0.39 is 44.8 Å². The standard InChI is InChI=1S/C26H19ClN4O9S/c1-14-6-7-16(27)11-18(14)28-23(32)13-29-25(33)22(41-26(29)34)10-15-4-3-5-21(39-2)24(15)40-20-9-8-17(30(35)36)12-19(20)31(37)38/h3-12H,13H2,1-2H3,(H,28,32)/b22-10+. The first kappa shape index (κ1) is 29.0. The van der Waals surface area contributed by atoms with Gasteiger partial charge in [0.05, 0.1) is 27.9 Å². The minimum atomic E-state index is -0.835. The Hall–Kier alpha value is -4.95. The number of hydrogen-bond acceptors (Lipinski definition) is 10. The summed E-state index contributed by atoms with van der Waals surface area (Å²) in [5.41, 5.74) is 0.200. The summed E-state index contributed by atoms with van der Waals surface area (Å²) in [6, 6.07) is 12.3. The highest BCUT2D eigenvalue weighted by Crippen LogP contribution is 2.42. The van der Waals surface area contributed by atoms with Crippen molar-refractivity contribution in [3.8, 4) is 17.2 Å². The molecule has 15 heteroatoms. The van der Waals surface area contributed by atoms with E-state index in [4.69, 9.17) is 21.1 Å². The van der Waals surface area contributed by atoms with Crippen LogP contribution in [0.5, 0.6) is 17.2 Å². The number of methoxy groups -OCH3 is 1. The summed E-state index contributed by atoms with van der Waals surface area (Å²) in [6.45, 7) is 1.21. The third kappa shape index (κ3) is 6.45. The summed E-state index contributed by atoms with van der Waals surface area (Å²) >= 11 is 6.57. The number of carbonyl (C=O) groups is 3. The number of carbonyl (C=O) groups excluding carboxylic acids is 3. The van der Waals surface area contributed by atoms with Crippen LogP contribution in [0.3, 0.4) is 0 Å². The minimum absolute atomic E-state index is 0.0435. The predicted molar refractivity (Wildman–Crippen MR) is 150 cm³/mol. The van der Waals surface area contributed by atoms with Crippen LogP contribution >= 0.6 is 23.4 Å². The number of nitro benzene ring substituents is 2. The number of benzene rings is 3. The number of para-hydroxylation sites is 1. The number of thioether (sulfide) groups is 1. The molecule has 41 heavy (non-hydrogen) atoms. The Labute approximate surface area is 241 Å². The number of nitrogens with one attached hydrogen (secondary N) is 1. The van der Waals surface area contributed by atoms with Crippen molar-refractivity contribution in [3.63, 3.8) is 0 Å². The lowest BCUT2D eigenvalue weighted by atomic mass is 10.1. The molecule has 3 aromatic carbocycles. The molecule has 4 rings (SSSR count). The van der Waals surface area contributed by atoms with Crippen molar-refractivity contribution in [1.29, 1.82) is 0 Å². The Balaban J connectivity index is 1.62. The maximum atomic E-state index is 13.1. The zero-order chi connectivity index (χ0) is 29.8. The highest BCUT2D eigenvalue weighted by Gasteiger charge is 2.37. The largest absolute Gasteiger partial charge is 0.493 e. The molecule has 0 bridgehead atoms. The Kier molecular flexibility index (Phi) is 8.54. The topological polar surface area (TPSA) is 171 Å². The van der Waals surface area contributed by atoms with Gasteiger partial charge in [0.1, 0.15) is 6.54 Å². The summed E-state index contributed by atoms with van der Waals surface area (Å²) in [4.78, 5) is 60.1. The molecule has 0 radical (unpaired) electrons. The molecule has 1 heterocycles. The molecule has 0 spiro atoms. The molecule has 3 amide bonds. The number of amides is 3. The normalized spacial score (nSPS) is 13.8. The van der Waals surface area contributed by atoms with Crippen molar-refractivity contribution in [3.05, 3.63) is 95.9 Å². The van der Waals surface area contributed by atoms with Gasteiger partial charge in [0, 0.05) is 22.3 Å². The van der Waals surface area contributed by atoms with Gasteiger partial charge in [-0.2, -0.15) is 0 Å². The van der Waals surface area contributed by atoms with Gasteiger partial charge in [0.25, 0.3) is 16.8 Å². The molecule has 0 atom stereocenters. The van der Waals surface area contributed by atoms with Crippen LogP contribution in [0, 0.1) is 27.2 Å². The first-order valence-electron chi connectivity index (χ1n) is 11.6. The van der Waals surface area contributed by atoms with E-state index in [9.17, 15) is 34.6 Å². The zero-order valence-electron chi connectivity index (χ0n) is 21.3.